The predicted molar refractivity (Wildman–Crippen MR) is 60.2 cm³/mol. The summed E-state index contributed by atoms with van der Waals surface area (Å²) in [5.41, 5.74) is 3.23. The molecule has 1 amide bonds. The molecule has 0 atom stereocenters. The summed E-state index contributed by atoms with van der Waals surface area (Å²) in [6.45, 7) is 1.40. The number of carbonyl (C=O) groups excluding carboxylic acids is 1. The minimum absolute atomic E-state index is 0.0341. The van der Waals surface area contributed by atoms with Gasteiger partial charge >= 0.3 is 0 Å². The highest BCUT2D eigenvalue weighted by Gasteiger charge is 2.38. The van der Waals surface area contributed by atoms with Gasteiger partial charge in [-0.15, -0.1) is 0 Å². The quantitative estimate of drug-likeness (QED) is 0.789. The molecule has 1 saturated heterocycles. The fraction of sp³-hybridized carbons (Fsp3) is 0.364. The smallest absolute Gasteiger partial charge is 0.228 e. The van der Waals surface area contributed by atoms with Gasteiger partial charge in [-0.05, 0) is 17.2 Å². The number of fused-ring (bicyclic) bond motifs is 1. The Morgan fingerprint density at radius 2 is 2.20 bits per heavy atom. The van der Waals surface area contributed by atoms with Crippen LogP contribution < -0.4 is 5.32 Å². The van der Waals surface area contributed by atoms with E-state index in [1.807, 2.05) is 12.1 Å². The molecule has 4 heteroatoms. The molecule has 0 unspecified atom stereocenters. The fourth-order valence-corrected chi connectivity index (χ4v) is 2.53. The van der Waals surface area contributed by atoms with Gasteiger partial charge in [-0.2, -0.15) is 0 Å². The maximum absolute atomic E-state index is 11.2. The summed E-state index contributed by atoms with van der Waals surface area (Å²) in [5.74, 6) is 0.0793. The van der Waals surface area contributed by atoms with Crippen LogP contribution in [0, 0.1) is 0 Å². The zero-order valence-electron chi connectivity index (χ0n) is 8.05. The van der Waals surface area contributed by atoms with Crippen molar-refractivity contribution in [3.05, 3.63) is 29.3 Å². The Bertz CT molecular complexity index is 440. The molecular formula is C11H10BrNO2. The average molecular weight is 268 g/mol. The van der Waals surface area contributed by atoms with Crippen molar-refractivity contribution in [2.45, 2.75) is 10.7 Å². The lowest BCUT2D eigenvalue weighted by molar-refractivity contribution is -0.115. The minimum atomic E-state index is -0.0341. The van der Waals surface area contributed by atoms with Crippen LogP contribution in [0.3, 0.4) is 0 Å². The number of hydrogen-bond donors (Lipinski definition) is 1. The van der Waals surface area contributed by atoms with Gasteiger partial charge in [-0.3, -0.25) is 4.79 Å². The van der Waals surface area contributed by atoms with Crippen LogP contribution in [-0.2, 0) is 20.3 Å². The van der Waals surface area contributed by atoms with Crippen molar-refractivity contribution in [1.82, 2.24) is 0 Å². The number of rotatable bonds is 1. The van der Waals surface area contributed by atoms with Gasteiger partial charge < -0.3 is 10.1 Å². The molecule has 0 spiro atoms. The van der Waals surface area contributed by atoms with Crippen molar-refractivity contribution in [1.29, 1.82) is 0 Å². The van der Waals surface area contributed by atoms with E-state index in [1.54, 1.807) is 0 Å². The van der Waals surface area contributed by atoms with E-state index in [0.29, 0.717) is 19.6 Å². The molecule has 3 rings (SSSR count). The lowest BCUT2D eigenvalue weighted by Crippen LogP contribution is -2.40. The van der Waals surface area contributed by atoms with Crippen molar-refractivity contribution >= 4 is 27.5 Å². The molecule has 78 valence electrons. The molecular weight excluding hydrogens is 258 g/mol. The lowest BCUT2D eigenvalue weighted by Gasteiger charge is -2.36. The number of nitrogens with one attached hydrogen (secondary N) is 1. The molecule has 1 aromatic carbocycles. The molecule has 1 aromatic rings. The maximum atomic E-state index is 11.2. The lowest BCUT2D eigenvalue weighted by atomic mass is 9.95. The molecule has 2 heterocycles. The summed E-state index contributed by atoms with van der Waals surface area (Å²) in [6, 6.07) is 6.10. The third-order valence-electron chi connectivity index (χ3n) is 2.91. The summed E-state index contributed by atoms with van der Waals surface area (Å²) in [7, 11) is 0. The molecule has 0 aliphatic carbocycles. The molecule has 2 aliphatic rings. The Morgan fingerprint density at radius 1 is 1.40 bits per heavy atom. The summed E-state index contributed by atoms with van der Waals surface area (Å²) in [6.07, 6.45) is 0.493. The Labute approximate surface area is 95.9 Å². The van der Waals surface area contributed by atoms with Crippen LogP contribution in [-0.4, -0.2) is 19.1 Å². The van der Waals surface area contributed by atoms with Crippen molar-refractivity contribution in [3.8, 4) is 0 Å². The molecule has 0 bridgehead atoms. The van der Waals surface area contributed by atoms with E-state index < -0.39 is 0 Å². The van der Waals surface area contributed by atoms with Gasteiger partial charge in [-0.25, -0.2) is 0 Å². The van der Waals surface area contributed by atoms with E-state index in [2.05, 4.69) is 27.3 Å². The Kier molecular flexibility index (Phi) is 1.91. The predicted octanol–water partition coefficient (Wildman–Crippen LogP) is 1.80. The first-order valence-electron chi connectivity index (χ1n) is 4.87. The standard InChI is InChI=1S/C11H10BrNO2/c12-11(5-15-6-11)8-1-2-9-7(3-8)4-10(14)13-9/h1-3H,4-6H2,(H,13,14). The first-order valence-corrected chi connectivity index (χ1v) is 5.67. The third-order valence-corrected chi connectivity index (χ3v) is 3.83. The Morgan fingerprint density at radius 3 is 2.87 bits per heavy atom. The van der Waals surface area contributed by atoms with E-state index >= 15 is 0 Å². The third kappa shape index (κ3) is 1.40. The number of carbonyl (C=O) groups is 1. The van der Waals surface area contributed by atoms with Crippen molar-refractivity contribution < 1.29 is 9.53 Å². The van der Waals surface area contributed by atoms with Gasteiger partial charge in [0, 0.05) is 5.69 Å². The van der Waals surface area contributed by atoms with Crippen molar-refractivity contribution in [2.75, 3.05) is 18.5 Å². The molecule has 0 saturated carbocycles. The van der Waals surface area contributed by atoms with Crippen LogP contribution in [0.15, 0.2) is 18.2 Å². The zero-order chi connectivity index (χ0) is 10.5. The number of alkyl halides is 1. The van der Waals surface area contributed by atoms with E-state index in [1.165, 1.54) is 5.56 Å². The Balaban J connectivity index is 1.99. The van der Waals surface area contributed by atoms with Gasteiger partial charge in [0.25, 0.3) is 0 Å². The number of anilines is 1. The van der Waals surface area contributed by atoms with Gasteiger partial charge in [0.2, 0.25) is 5.91 Å². The number of amides is 1. The molecule has 1 fully saturated rings. The molecule has 0 radical (unpaired) electrons. The second-order valence-electron chi connectivity index (χ2n) is 4.05. The second-order valence-corrected chi connectivity index (χ2v) is 5.57. The minimum Gasteiger partial charge on any atom is -0.378 e. The molecule has 3 nitrogen and oxygen atoms in total. The second kappa shape index (κ2) is 3.06. The number of ether oxygens (including phenoxy) is 1. The molecule has 0 aromatic heterocycles. The van der Waals surface area contributed by atoms with Crippen LogP contribution >= 0.6 is 15.9 Å². The molecule has 2 aliphatic heterocycles. The Hall–Kier alpha value is -0.870. The highest BCUT2D eigenvalue weighted by molar-refractivity contribution is 9.09. The highest BCUT2D eigenvalue weighted by Crippen LogP contribution is 2.40. The zero-order valence-corrected chi connectivity index (χ0v) is 9.63. The average Bonchev–Trinajstić information content (AvgIpc) is 2.53. The summed E-state index contributed by atoms with van der Waals surface area (Å²) in [5, 5.41) is 2.83. The molecule has 15 heavy (non-hydrogen) atoms. The van der Waals surface area contributed by atoms with Crippen molar-refractivity contribution in [3.63, 3.8) is 0 Å². The van der Waals surface area contributed by atoms with Crippen molar-refractivity contribution in [2.24, 2.45) is 0 Å². The van der Waals surface area contributed by atoms with Gasteiger partial charge in [0.15, 0.2) is 0 Å². The monoisotopic (exact) mass is 267 g/mol. The maximum Gasteiger partial charge on any atom is 0.228 e. The van der Waals surface area contributed by atoms with E-state index in [9.17, 15) is 4.79 Å². The fourth-order valence-electron chi connectivity index (χ4n) is 1.96. The topological polar surface area (TPSA) is 38.3 Å². The van der Waals surface area contributed by atoms with Crippen LogP contribution in [0.2, 0.25) is 0 Å². The SMILES string of the molecule is O=C1Cc2cc(C3(Br)COC3)ccc2N1. The van der Waals surface area contributed by atoms with Crippen LogP contribution in [0.5, 0.6) is 0 Å². The largest absolute Gasteiger partial charge is 0.378 e. The summed E-state index contributed by atoms with van der Waals surface area (Å²) < 4.78 is 5.17. The summed E-state index contributed by atoms with van der Waals surface area (Å²) in [4.78, 5) is 11.2. The van der Waals surface area contributed by atoms with E-state index in [4.69, 9.17) is 4.74 Å². The van der Waals surface area contributed by atoms with Gasteiger partial charge in [0.05, 0.1) is 24.0 Å². The summed E-state index contributed by atoms with van der Waals surface area (Å²) >= 11 is 3.67. The normalized spacial score (nSPS) is 21.8. The van der Waals surface area contributed by atoms with E-state index in [0.717, 1.165) is 11.3 Å². The van der Waals surface area contributed by atoms with Crippen LogP contribution in [0.4, 0.5) is 5.69 Å². The highest BCUT2D eigenvalue weighted by atomic mass is 79.9. The van der Waals surface area contributed by atoms with Gasteiger partial charge in [0.1, 0.15) is 0 Å². The van der Waals surface area contributed by atoms with Gasteiger partial charge in [-0.1, -0.05) is 28.1 Å². The van der Waals surface area contributed by atoms with E-state index in [-0.39, 0.29) is 10.2 Å². The first kappa shape index (κ1) is 9.36. The van der Waals surface area contributed by atoms with Crippen LogP contribution in [0.25, 0.3) is 0 Å². The number of benzene rings is 1. The first-order chi connectivity index (χ1) is 7.17. The molecule has 1 N–H and O–H groups in total. The number of hydrogen-bond acceptors (Lipinski definition) is 2. The van der Waals surface area contributed by atoms with Crippen LogP contribution in [0.1, 0.15) is 11.1 Å². The number of halogens is 1.